The van der Waals surface area contributed by atoms with Gasteiger partial charge in [0, 0.05) is 19.2 Å². The molecule has 0 spiro atoms. The lowest BCUT2D eigenvalue weighted by molar-refractivity contribution is -0.159. The Morgan fingerprint density at radius 1 is 1.42 bits per heavy atom. The molecule has 2 rings (SSSR count). The molecule has 8 nitrogen and oxygen atoms in total. The molecule has 0 aromatic rings. The maximum Gasteiger partial charge on any atom is 0.410 e. The van der Waals surface area contributed by atoms with E-state index in [0.29, 0.717) is 26.0 Å². The average Bonchev–Trinajstić information content (AvgIpc) is 3.04. The van der Waals surface area contributed by atoms with Crippen molar-refractivity contribution >= 4 is 18.0 Å². The van der Waals surface area contributed by atoms with Crippen molar-refractivity contribution in [2.24, 2.45) is 0 Å². The van der Waals surface area contributed by atoms with E-state index in [4.69, 9.17) is 14.2 Å². The molecule has 0 radical (unpaired) electrons. The molecule has 0 aromatic carbocycles. The number of nitrogens with one attached hydrogen (secondary N) is 1. The summed E-state index contributed by atoms with van der Waals surface area (Å²) in [6.07, 6.45) is 0.995. The van der Waals surface area contributed by atoms with E-state index in [-0.39, 0.29) is 11.6 Å². The number of likely N-dealkylation sites (tertiary alicyclic amines) is 1. The Morgan fingerprint density at radius 3 is 2.75 bits per heavy atom. The van der Waals surface area contributed by atoms with Crippen LogP contribution in [0.2, 0.25) is 0 Å². The van der Waals surface area contributed by atoms with Crippen LogP contribution in [0.15, 0.2) is 11.8 Å². The second-order valence-electron chi connectivity index (χ2n) is 6.64. The Kier molecular flexibility index (Phi) is 5.48. The van der Waals surface area contributed by atoms with Gasteiger partial charge in [0.1, 0.15) is 11.6 Å². The number of cyclic esters (lactones) is 1. The molecule has 2 aliphatic heterocycles. The first-order chi connectivity index (χ1) is 11.2. The van der Waals surface area contributed by atoms with Crippen molar-refractivity contribution in [1.29, 1.82) is 0 Å². The van der Waals surface area contributed by atoms with Crippen LogP contribution in [0.25, 0.3) is 0 Å². The minimum absolute atomic E-state index is 0.253. The monoisotopic (exact) mass is 340 g/mol. The molecule has 0 bridgehead atoms. The van der Waals surface area contributed by atoms with E-state index in [0.717, 1.165) is 0 Å². The third-order valence-corrected chi connectivity index (χ3v) is 3.52. The zero-order valence-corrected chi connectivity index (χ0v) is 14.5. The molecule has 1 saturated heterocycles. The number of rotatable bonds is 4. The topological polar surface area (TPSA) is 94.2 Å². The largest absolute Gasteiger partial charge is 0.444 e. The van der Waals surface area contributed by atoms with E-state index in [1.807, 2.05) is 0 Å². The van der Waals surface area contributed by atoms with Crippen LogP contribution in [0.3, 0.4) is 0 Å². The molecule has 8 heteroatoms. The summed E-state index contributed by atoms with van der Waals surface area (Å²) in [7, 11) is 0. The molecule has 0 aromatic heterocycles. The fraction of sp³-hybridized carbons (Fsp3) is 0.688. The second-order valence-corrected chi connectivity index (χ2v) is 6.64. The van der Waals surface area contributed by atoms with E-state index in [9.17, 15) is 14.4 Å². The van der Waals surface area contributed by atoms with Gasteiger partial charge in [-0.05, 0) is 40.5 Å². The number of carbonyl (C=O) groups is 3. The molecule has 0 saturated carbocycles. The number of nitrogens with zero attached hydrogens (tertiary/aromatic N) is 1. The molecule has 24 heavy (non-hydrogen) atoms. The van der Waals surface area contributed by atoms with E-state index in [1.54, 1.807) is 27.7 Å². The predicted octanol–water partition coefficient (Wildman–Crippen LogP) is 1.31. The van der Waals surface area contributed by atoms with Crippen LogP contribution in [0, 0.1) is 0 Å². The molecule has 1 fully saturated rings. The Labute approximate surface area is 141 Å². The van der Waals surface area contributed by atoms with Crippen molar-refractivity contribution in [3.05, 3.63) is 11.8 Å². The normalized spacial score (nSPS) is 23.8. The van der Waals surface area contributed by atoms with Crippen LogP contribution in [0.1, 0.15) is 40.5 Å². The fourth-order valence-electron chi connectivity index (χ4n) is 2.57. The minimum Gasteiger partial charge on any atom is -0.444 e. The SMILES string of the molecule is CCO[C@@H]1OC(=O)C=C1NC(=O)C1CCCN1C(=O)OC(C)(C)C. The lowest BCUT2D eigenvalue weighted by Gasteiger charge is -2.28. The highest BCUT2D eigenvalue weighted by atomic mass is 16.7. The molecule has 2 heterocycles. The number of hydrogen-bond donors (Lipinski definition) is 1. The van der Waals surface area contributed by atoms with Crippen molar-refractivity contribution in [3.8, 4) is 0 Å². The summed E-state index contributed by atoms with van der Waals surface area (Å²) in [5, 5.41) is 2.64. The van der Waals surface area contributed by atoms with Gasteiger partial charge in [0.15, 0.2) is 0 Å². The Hall–Kier alpha value is -2.09. The summed E-state index contributed by atoms with van der Waals surface area (Å²) in [4.78, 5) is 37.5. The van der Waals surface area contributed by atoms with Gasteiger partial charge in [0.05, 0.1) is 5.70 Å². The molecule has 1 N–H and O–H groups in total. The van der Waals surface area contributed by atoms with Crippen molar-refractivity contribution in [2.45, 2.75) is 58.5 Å². The summed E-state index contributed by atoms with van der Waals surface area (Å²) < 4.78 is 15.5. The standard InChI is InChI=1S/C16H24N2O6/c1-5-22-14-10(9-12(19)23-14)17-13(20)11-7-6-8-18(11)15(21)24-16(2,3)4/h9,11,14H,5-8H2,1-4H3,(H,17,20)/t11?,14-/m1/s1. The van der Waals surface area contributed by atoms with E-state index >= 15 is 0 Å². The first-order valence-electron chi connectivity index (χ1n) is 8.05. The second kappa shape index (κ2) is 7.21. The minimum atomic E-state index is -0.914. The Morgan fingerprint density at radius 2 is 2.12 bits per heavy atom. The summed E-state index contributed by atoms with van der Waals surface area (Å²) in [5.41, 5.74) is -0.377. The van der Waals surface area contributed by atoms with E-state index < -0.39 is 30.0 Å². The molecule has 2 aliphatic rings. The molecule has 1 unspecified atom stereocenters. The van der Waals surface area contributed by atoms with Crippen LogP contribution < -0.4 is 5.32 Å². The van der Waals surface area contributed by atoms with Crippen LogP contribution in [0.5, 0.6) is 0 Å². The van der Waals surface area contributed by atoms with Crippen LogP contribution in [-0.4, -0.2) is 54.0 Å². The zero-order chi connectivity index (χ0) is 17.9. The van der Waals surface area contributed by atoms with Crippen LogP contribution in [-0.2, 0) is 23.8 Å². The average molecular weight is 340 g/mol. The molecular weight excluding hydrogens is 316 g/mol. The summed E-state index contributed by atoms with van der Waals surface area (Å²) in [5.74, 6) is -0.952. The highest BCUT2D eigenvalue weighted by molar-refractivity contribution is 5.91. The van der Waals surface area contributed by atoms with Crippen LogP contribution >= 0.6 is 0 Å². The molecule has 0 aliphatic carbocycles. The molecule has 2 amide bonds. The molecule has 2 atom stereocenters. The lowest BCUT2D eigenvalue weighted by atomic mass is 10.2. The van der Waals surface area contributed by atoms with Gasteiger partial charge >= 0.3 is 12.1 Å². The highest BCUT2D eigenvalue weighted by Crippen LogP contribution is 2.22. The van der Waals surface area contributed by atoms with Gasteiger partial charge < -0.3 is 19.5 Å². The van der Waals surface area contributed by atoms with Gasteiger partial charge in [0.2, 0.25) is 12.2 Å². The summed E-state index contributed by atoms with van der Waals surface area (Å²) in [6.45, 7) is 7.86. The first kappa shape index (κ1) is 18.3. The quantitative estimate of drug-likeness (QED) is 0.776. The van der Waals surface area contributed by atoms with Gasteiger partial charge in [-0.15, -0.1) is 0 Å². The van der Waals surface area contributed by atoms with E-state index in [2.05, 4.69) is 5.32 Å². The van der Waals surface area contributed by atoms with Crippen molar-refractivity contribution in [1.82, 2.24) is 10.2 Å². The molecule has 134 valence electrons. The lowest BCUT2D eigenvalue weighted by Crippen LogP contribution is -2.48. The number of carbonyl (C=O) groups excluding carboxylic acids is 3. The zero-order valence-electron chi connectivity index (χ0n) is 14.5. The number of ether oxygens (including phenoxy) is 3. The maximum atomic E-state index is 12.5. The fourth-order valence-corrected chi connectivity index (χ4v) is 2.57. The smallest absolute Gasteiger partial charge is 0.410 e. The van der Waals surface area contributed by atoms with Gasteiger partial charge in [-0.25, -0.2) is 9.59 Å². The summed E-state index contributed by atoms with van der Waals surface area (Å²) >= 11 is 0. The maximum absolute atomic E-state index is 12.5. The van der Waals surface area contributed by atoms with Gasteiger partial charge in [-0.2, -0.15) is 0 Å². The number of hydrogen-bond acceptors (Lipinski definition) is 6. The van der Waals surface area contributed by atoms with E-state index in [1.165, 1.54) is 11.0 Å². The van der Waals surface area contributed by atoms with Gasteiger partial charge in [-0.3, -0.25) is 9.69 Å². The van der Waals surface area contributed by atoms with Gasteiger partial charge in [-0.1, -0.05) is 0 Å². The van der Waals surface area contributed by atoms with Crippen molar-refractivity contribution in [2.75, 3.05) is 13.2 Å². The summed E-state index contributed by atoms with van der Waals surface area (Å²) in [6, 6.07) is -0.640. The van der Waals surface area contributed by atoms with Crippen LogP contribution in [0.4, 0.5) is 4.79 Å². The third-order valence-electron chi connectivity index (χ3n) is 3.52. The number of amides is 2. The van der Waals surface area contributed by atoms with Crippen molar-refractivity contribution in [3.63, 3.8) is 0 Å². The Balaban J connectivity index is 2.02. The van der Waals surface area contributed by atoms with Crippen molar-refractivity contribution < 1.29 is 28.6 Å². The Bertz CT molecular complexity index is 551. The predicted molar refractivity (Wildman–Crippen MR) is 83.7 cm³/mol. The van der Waals surface area contributed by atoms with Gasteiger partial charge in [0.25, 0.3) is 0 Å². The molecular formula is C16H24N2O6. The number of esters is 1. The first-order valence-corrected chi connectivity index (χ1v) is 8.05. The highest BCUT2D eigenvalue weighted by Gasteiger charge is 2.38. The third kappa shape index (κ3) is 4.47.